The van der Waals surface area contributed by atoms with E-state index >= 15 is 0 Å². The van der Waals surface area contributed by atoms with Crippen LogP contribution in [-0.4, -0.2) is 19.9 Å². The Morgan fingerprint density at radius 2 is 2.12 bits per heavy atom. The fourth-order valence-electron chi connectivity index (χ4n) is 1.65. The summed E-state index contributed by atoms with van der Waals surface area (Å²) in [5.74, 6) is 1.68. The summed E-state index contributed by atoms with van der Waals surface area (Å²) in [4.78, 5) is 16.9. The van der Waals surface area contributed by atoms with E-state index < -0.39 is 0 Å². The van der Waals surface area contributed by atoms with Gasteiger partial charge in [-0.1, -0.05) is 0 Å². The maximum atomic E-state index is 5.92. The van der Waals surface area contributed by atoms with Gasteiger partial charge in [0.15, 0.2) is 5.82 Å². The van der Waals surface area contributed by atoms with Crippen molar-refractivity contribution in [3.8, 4) is 11.5 Å². The third-order valence-electron chi connectivity index (χ3n) is 2.68. The quantitative estimate of drug-likeness (QED) is 0.847. The largest absolute Gasteiger partial charge is 0.383 e. The molecule has 0 amide bonds. The first kappa shape index (κ1) is 10.8. The molecular formula is C11H10IN5. The van der Waals surface area contributed by atoms with Gasteiger partial charge in [-0.15, -0.1) is 0 Å². The van der Waals surface area contributed by atoms with Crippen molar-refractivity contribution in [1.82, 2.24) is 19.9 Å². The highest BCUT2D eigenvalue weighted by Crippen LogP contribution is 2.42. The number of aromatic nitrogens is 4. The van der Waals surface area contributed by atoms with Crippen LogP contribution in [0.15, 0.2) is 18.6 Å². The van der Waals surface area contributed by atoms with Crippen LogP contribution in [0.1, 0.15) is 24.5 Å². The van der Waals surface area contributed by atoms with Gasteiger partial charge in [0.1, 0.15) is 17.8 Å². The normalized spacial score (nSPS) is 14.9. The van der Waals surface area contributed by atoms with Crippen molar-refractivity contribution in [2.75, 3.05) is 5.73 Å². The molecule has 0 bridgehead atoms. The van der Waals surface area contributed by atoms with Crippen LogP contribution in [0.2, 0.25) is 0 Å². The van der Waals surface area contributed by atoms with Gasteiger partial charge in [0.25, 0.3) is 0 Å². The smallest absolute Gasteiger partial charge is 0.180 e. The molecule has 1 saturated carbocycles. The fourth-order valence-corrected chi connectivity index (χ4v) is 2.33. The minimum Gasteiger partial charge on any atom is -0.383 e. The van der Waals surface area contributed by atoms with E-state index in [9.17, 15) is 0 Å². The summed E-state index contributed by atoms with van der Waals surface area (Å²) in [6.45, 7) is 0. The summed E-state index contributed by atoms with van der Waals surface area (Å²) in [7, 11) is 0. The Morgan fingerprint density at radius 3 is 2.76 bits per heavy atom. The average Bonchev–Trinajstić information content (AvgIpc) is 3.18. The van der Waals surface area contributed by atoms with E-state index in [1.54, 1.807) is 12.3 Å². The van der Waals surface area contributed by atoms with Crippen LogP contribution in [0, 0.1) is 3.57 Å². The third-order valence-corrected chi connectivity index (χ3v) is 3.78. The summed E-state index contributed by atoms with van der Waals surface area (Å²) in [5.41, 5.74) is 7.70. The lowest BCUT2D eigenvalue weighted by atomic mass is 10.2. The highest BCUT2D eigenvalue weighted by Gasteiger charge is 2.29. The first-order valence-electron chi connectivity index (χ1n) is 5.35. The zero-order valence-corrected chi connectivity index (χ0v) is 11.1. The van der Waals surface area contributed by atoms with Gasteiger partial charge in [-0.05, 0) is 41.5 Å². The Morgan fingerprint density at radius 1 is 1.29 bits per heavy atom. The van der Waals surface area contributed by atoms with Crippen molar-refractivity contribution in [1.29, 1.82) is 0 Å². The second-order valence-corrected chi connectivity index (χ2v) is 5.08. The van der Waals surface area contributed by atoms with Gasteiger partial charge in [0.2, 0.25) is 0 Å². The number of hydrogen-bond donors (Lipinski definition) is 1. The minimum absolute atomic E-state index is 0.538. The molecule has 17 heavy (non-hydrogen) atoms. The molecule has 1 aliphatic rings. The van der Waals surface area contributed by atoms with E-state index in [1.165, 1.54) is 19.2 Å². The van der Waals surface area contributed by atoms with Crippen LogP contribution >= 0.6 is 22.6 Å². The molecule has 0 aliphatic heterocycles. The molecule has 0 unspecified atom stereocenters. The lowest BCUT2D eigenvalue weighted by Crippen LogP contribution is -2.04. The van der Waals surface area contributed by atoms with Gasteiger partial charge in [0, 0.05) is 12.1 Å². The maximum Gasteiger partial charge on any atom is 0.180 e. The molecule has 2 heterocycles. The molecule has 86 valence electrons. The van der Waals surface area contributed by atoms with Crippen molar-refractivity contribution < 1.29 is 0 Å². The van der Waals surface area contributed by atoms with Crippen molar-refractivity contribution in [3.05, 3.63) is 27.9 Å². The Hall–Kier alpha value is -1.31. The zero-order valence-electron chi connectivity index (χ0n) is 8.97. The third kappa shape index (κ3) is 2.08. The molecule has 5 nitrogen and oxygen atoms in total. The van der Waals surface area contributed by atoms with Crippen LogP contribution in [0.3, 0.4) is 0 Å². The molecule has 3 rings (SSSR count). The van der Waals surface area contributed by atoms with Gasteiger partial charge in [0.05, 0.1) is 9.26 Å². The number of rotatable bonds is 2. The standard InChI is InChI=1S/C11H10IN5/c12-8-9(6-1-2-6)16-11(17-10(8)13)7-3-4-14-5-15-7/h3-6H,1-2H2,(H2,13,16,17). The van der Waals surface area contributed by atoms with E-state index in [-0.39, 0.29) is 0 Å². The Kier molecular flexibility index (Phi) is 2.65. The average molecular weight is 339 g/mol. The van der Waals surface area contributed by atoms with Gasteiger partial charge in [-0.2, -0.15) is 0 Å². The maximum absolute atomic E-state index is 5.92. The minimum atomic E-state index is 0.538. The SMILES string of the molecule is Nc1nc(-c2ccncn2)nc(C2CC2)c1I. The van der Waals surface area contributed by atoms with E-state index in [0.29, 0.717) is 23.3 Å². The molecule has 0 radical (unpaired) electrons. The molecule has 0 atom stereocenters. The summed E-state index contributed by atoms with van der Waals surface area (Å²) in [6, 6.07) is 1.79. The first-order chi connectivity index (χ1) is 8.25. The molecule has 2 aromatic rings. The molecule has 1 fully saturated rings. The second kappa shape index (κ2) is 4.17. The predicted molar refractivity (Wildman–Crippen MR) is 72.2 cm³/mol. The van der Waals surface area contributed by atoms with Crippen LogP contribution in [0.5, 0.6) is 0 Å². The number of anilines is 1. The van der Waals surface area contributed by atoms with Crippen molar-refractivity contribution in [2.24, 2.45) is 0 Å². The van der Waals surface area contributed by atoms with E-state index in [2.05, 4.69) is 42.5 Å². The van der Waals surface area contributed by atoms with E-state index in [0.717, 1.165) is 9.26 Å². The lowest BCUT2D eigenvalue weighted by molar-refractivity contribution is 0.974. The molecular weight excluding hydrogens is 329 g/mol. The highest BCUT2D eigenvalue weighted by atomic mass is 127. The zero-order chi connectivity index (χ0) is 11.8. The molecule has 0 aromatic carbocycles. The highest BCUT2D eigenvalue weighted by molar-refractivity contribution is 14.1. The lowest BCUT2D eigenvalue weighted by Gasteiger charge is -2.07. The van der Waals surface area contributed by atoms with E-state index in [1.807, 2.05) is 0 Å². The van der Waals surface area contributed by atoms with Gasteiger partial charge in [-0.25, -0.2) is 19.9 Å². The fraction of sp³-hybridized carbons (Fsp3) is 0.273. The first-order valence-corrected chi connectivity index (χ1v) is 6.43. The number of hydrogen-bond acceptors (Lipinski definition) is 5. The van der Waals surface area contributed by atoms with Gasteiger partial charge in [-0.3, -0.25) is 0 Å². The number of nitrogen functional groups attached to an aromatic ring is 1. The molecule has 2 N–H and O–H groups in total. The molecule has 0 spiro atoms. The van der Waals surface area contributed by atoms with Crippen molar-refractivity contribution in [3.63, 3.8) is 0 Å². The van der Waals surface area contributed by atoms with Crippen LogP contribution in [0.4, 0.5) is 5.82 Å². The monoisotopic (exact) mass is 339 g/mol. The summed E-state index contributed by atoms with van der Waals surface area (Å²) in [5, 5.41) is 0. The van der Waals surface area contributed by atoms with Crippen molar-refractivity contribution in [2.45, 2.75) is 18.8 Å². The molecule has 6 heteroatoms. The summed E-state index contributed by atoms with van der Waals surface area (Å²) >= 11 is 2.21. The Labute approximate surface area is 112 Å². The van der Waals surface area contributed by atoms with Gasteiger partial charge >= 0.3 is 0 Å². The van der Waals surface area contributed by atoms with Crippen LogP contribution in [0.25, 0.3) is 11.5 Å². The topological polar surface area (TPSA) is 77.6 Å². The summed E-state index contributed by atoms with van der Waals surface area (Å²) < 4.78 is 0.975. The molecule has 0 saturated heterocycles. The summed E-state index contributed by atoms with van der Waals surface area (Å²) in [6.07, 6.45) is 5.55. The Bertz CT molecular complexity index is 553. The second-order valence-electron chi connectivity index (χ2n) is 4.00. The van der Waals surface area contributed by atoms with E-state index in [4.69, 9.17) is 5.73 Å². The number of nitrogens with zero attached hydrogens (tertiary/aromatic N) is 4. The van der Waals surface area contributed by atoms with Gasteiger partial charge < -0.3 is 5.73 Å². The number of halogens is 1. The number of nitrogens with two attached hydrogens (primary N) is 1. The Balaban J connectivity index is 2.12. The molecule has 1 aliphatic carbocycles. The van der Waals surface area contributed by atoms with Crippen molar-refractivity contribution >= 4 is 28.4 Å². The van der Waals surface area contributed by atoms with Crippen LogP contribution < -0.4 is 5.73 Å². The van der Waals surface area contributed by atoms with Crippen LogP contribution in [-0.2, 0) is 0 Å². The predicted octanol–water partition coefficient (Wildman–Crippen LogP) is 2.00. The molecule has 2 aromatic heterocycles.